The molecule has 0 aliphatic rings. The van der Waals surface area contributed by atoms with Crippen molar-refractivity contribution in [2.45, 2.75) is 164 Å². The highest BCUT2D eigenvalue weighted by atomic mass is 16.5. The average molecular weight is 911 g/mol. The minimum Gasteiger partial charge on any atom is -0.493 e. The molecule has 9 aromatic carbocycles. The van der Waals surface area contributed by atoms with Gasteiger partial charge in [-0.05, 0) is 197 Å². The summed E-state index contributed by atoms with van der Waals surface area (Å²) < 4.78 is 6.74. The lowest BCUT2D eigenvalue weighted by Crippen LogP contribution is -2.12. The zero-order chi connectivity index (χ0) is 50.1. The maximum Gasteiger partial charge on any atom is 0.127 e. The predicted molar refractivity (Wildman–Crippen MR) is 306 cm³/mol. The fourth-order valence-electron chi connectivity index (χ4n) is 10.7. The molecular weight excluding hydrogens is 833 g/mol. The first-order valence-electron chi connectivity index (χ1n) is 25.7. The van der Waals surface area contributed by atoms with E-state index in [0.29, 0.717) is 6.61 Å². The minimum absolute atomic E-state index is 0.0393. The number of fused-ring (bicyclic) bond motifs is 12. The second-order valence-electron chi connectivity index (χ2n) is 26.5. The van der Waals surface area contributed by atoms with Gasteiger partial charge in [0.1, 0.15) is 5.75 Å². The van der Waals surface area contributed by atoms with E-state index < -0.39 is 0 Å². The summed E-state index contributed by atoms with van der Waals surface area (Å²) in [6.45, 7) is 44.8. The van der Waals surface area contributed by atoms with Crippen LogP contribution in [0.25, 0.3) is 86.9 Å². The molecule has 0 aliphatic heterocycles. The monoisotopic (exact) mass is 911 g/mol. The van der Waals surface area contributed by atoms with Gasteiger partial charge in [-0.15, -0.1) is 0 Å². The first-order valence-corrected chi connectivity index (χ1v) is 25.7. The molecule has 0 aliphatic carbocycles. The Bertz CT molecular complexity index is 3360. The SMILES string of the molecule is CCOc1cc(C(C)(C)C)ccc1-c1ccc(C(C)(C)C)cc1-c1c2c3cc(C(C)(C)C)ccc3c3ccc(C(C)(C)C)cc3c2cc2c3cc(C(C)(C)C)ccc3c3ccc(C(C)(C)C)cc3c12. The molecule has 1 nitrogen and oxygen atoms in total. The molecule has 0 aromatic heterocycles. The number of hydrogen-bond donors (Lipinski definition) is 0. The van der Waals surface area contributed by atoms with Crippen molar-refractivity contribution in [1.82, 2.24) is 0 Å². The molecule has 0 fully saturated rings. The molecule has 0 unspecified atom stereocenters. The van der Waals surface area contributed by atoms with Crippen LogP contribution >= 0.6 is 0 Å². The molecule has 0 saturated carbocycles. The summed E-state index contributed by atoms with van der Waals surface area (Å²) in [5.74, 6) is 0.930. The first kappa shape index (κ1) is 48.4. The second-order valence-corrected chi connectivity index (χ2v) is 26.5. The summed E-state index contributed by atoms with van der Waals surface area (Å²) in [6, 6.07) is 46.3. The van der Waals surface area contributed by atoms with Crippen LogP contribution in [0.2, 0.25) is 0 Å². The minimum atomic E-state index is -0.113. The van der Waals surface area contributed by atoms with Crippen molar-refractivity contribution in [3.63, 3.8) is 0 Å². The molecule has 356 valence electrons. The van der Waals surface area contributed by atoms with Gasteiger partial charge in [0.15, 0.2) is 0 Å². The van der Waals surface area contributed by atoms with Crippen LogP contribution in [-0.2, 0) is 32.5 Å². The van der Waals surface area contributed by atoms with Crippen molar-refractivity contribution in [2.24, 2.45) is 0 Å². The Labute approximate surface area is 414 Å². The van der Waals surface area contributed by atoms with Gasteiger partial charge < -0.3 is 4.74 Å². The van der Waals surface area contributed by atoms with Crippen LogP contribution in [0.15, 0.2) is 115 Å². The summed E-state index contributed by atoms with van der Waals surface area (Å²) in [4.78, 5) is 0. The van der Waals surface area contributed by atoms with Gasteiger partial charge in [-0.25, -0.2) is 0 Å². The van der Waals surface area contributed by atoms with E-state index in [2.05, 4.69) is 247 Å². The van der Waals surface area contributed by atoms with Crippen LogP contribution in [-0.4, -0.2) is 6.61 Å². The molecule has 0 amide bonds. The Hall–Kier alpha value is -5.66. The van der Waals surface area contributed by atoms with Crippen LogP contribution in [0.5, 0.6) is 5.75 Å². The van der Waals surface area contributed by atoms with Crippen molar-refractivity contribution in [3.8, 4) is 28.0 Å². The van der Waals surface area contributed by atoms with Gasteiger partial charge in [0.05, 0.1) is 6.61 Å². The number of benzene rings is 9. The lowest BCUT2D eigenvalue weighted by Gasteiger charge is -2.28. The number of ether oxygens (including phenoxy) is 1. The van der Waals surface area contributed by atoms with E-state index in [0.717, 1.165) is 11.3 Å². The van der Waals surface area contributed by atoms with Gasteiger partial charge in [0.2, 0.25) is 0 Å². The molecule has 0 spiro atoms. The molecule has 9 aromatic rings. The summed E-state index contributed by atoms with van der Waals surface area (Å²) in [6.07, 6.45) is 0. The predicted octanol–water partition coefficient (Wildman–Crippen LogP) is 20.1. The van der Waals surface area contributed by atoms with Gasteiger partial charge in [-0.3, -0.25) is 0 Å². The van der Waals surface area contributed by atoms with E-state index in [1.54, 1.807) is 0 Å². The van der Waals surface area contributed by atoms with Gasteiger partial charge in [0.25, 0.3) is 0 Å². The zero-order valence-corrected chi connectivity index (χ0v) is 45.6. The highest BCUT2D eigenvalue weighted by Gasteiger charge is 2.29. The van der Waals surface area contributed by atoms with E-state index in [1.807, 2.05) is 0 Å². The van der Waals surface area contributed by atoms with E-state index in [9.17, 15) is 0 Å². The van der Waals surface area contributed by atoms with E-state index in [-0.39, 0.29) is 32.5 Å². The molecule has 0 heterocycles. The van der Waals surface area contributed by atoms with Gasteiger partial charge in [-0.1, -0.05) is 197 Å². The highest BCUT2D eigenvalue weighted by Crippen LogP contribution is 2.53. The summed E-state index contributed by atoms with van der Waals surface area (Å²) in [5.41, 5.74) is 12.4. The Kier molecular flexibility index (Phi) is 11.4. The normalized spacial score (nSPS) is 13.5. The third kappa shape index (κ3) is 8.51. The van der Waals surface area contributed by atoms with Crippen LogP contribution in [0, 0.1) is 0 Å². The van der Waals surface area contributed by atoms with E-state index in [1.165, 1.54) is 115 Å². The second kappa shape index (κ2) is 16.2. The topological polar surface area (TPSA) is 9.23 Å². The van der Waals surface area contributed by atoms with Crippen LogP contribution in [0.4, 0.5) is 0 Å². The van der Waals surface area contributed by atoms with Crippen molar-refractivity contribution >= 4 is 64.6 Å². The molecule has 0 saturated heterocycles. The maximum atomic E-state index is 6.74. The van der Waals surface area contributed by atoms with Crippen LogP contribution in [0.1, 0.15) is 165 Å². The summed E-state index contributed by atoms with van der Waals surface area (Å²) in [5, 5.41) is 15.6. The molecule has 0 bridgehead atoms. The quantitative estimate of drug-likeness (QED) is 0.126. The fourth-order valence-corrected chi connectivity index (χ4v) is 10.7. The summed E-state index contributed by atoms with van der Waals surface area (Å²) >= 11 is 0. The molecular formula is C68H78O. The van der Waals surface area contributed by atoms with Crippen molar-refractivity contribution in [1.29, 1.82) is 0 Å². The average Bonchev–Trinajstić information content (AvgIpc) is 3.25. The number of rotatable bonds is 4. The molecule has 0 atom stereocenters. The van der Waals surface area contributed by atoms with Crippen molar-refractivity contribution < 1.29 is 4.74 Å². The van der Waals surface area contributed by atoms with E-state index >= 15 is 0 Å². The molecule has 0 radical (unpaired) electrons. The molecule has 0 N–H and O–H groups in total. The highest BCUT2D eigenvalue weighted by molar-refractivity contribution is 6.39. The smallest absolute Gasteiger partial charge is 0.127 e. The lowest BCUT2D eigenvalue weighted by atomic mass is 9.76. The van der Waals surface area contributed by atoms with Gasteiger partial charge >= 0.3 is 0 Å². The van der Waals surface area contributed by atoms with Crippen molar-refractivity contribution in [3.05, 3.63) is 149 Å². The van der Waals surface area contributed by atoms with Gasteiger partial charge in [0, 0.05) is 5.56 Å². The largest absolute Gasteiger partial charge is 0.493 e. The third-order valence-electron chi connectivity index (χ3n) is 15.2. The van der Waals surface area contributed by atoms with E-state index in [4.69, 9.17) is 4.74 Å². The third-order valence-corrected chi connectivity index (χ3v) is 15.2. The fraction of sp³-hybridized carbons (Fsp3) is 0.382. The van der Waals surface area contributed by atoms with Gasteiger partial charge in [-0.2, -0.15) is 0 Å². The Morgan fingerprint density at radius 2 is 0.565 bits per heavy atom. The first-order chi connectivity index (χ1) is 32.0. The lowest BCUT2D eigenvalue weighted by molar-refractivity contribution is 0.340. The van der Waals surface area contributed by atoms with Crippen LogP contribution in [0.3, 0.4) is 0 Å². The Balaban J connectivity index is 1.68. The Morgan fingerprint density at radius 1 is 0.275 bits per heavy atom. The Morgan fingerprint density at radius 3 is 0.928 bits per heavy atom. The number of hydrogen-bond acceptors (Lipinski definition) is 1. The standard InChI is InChI=1S/C68H78O/c1-20-69-59-38-45(68(17,18)19)26-32-51(59)50-31-25-44(67(14,15)16)37-56(50)62-60-54-35-42(65(8,9)10)23-29-48(54)46-27-21-40(63(2,3)4)33-52(46)57(60)39-58-53-34-41(64(5,6)7)22-28-47(53)49-30-24-43(66(11,12)13)36-55(49)61(58)62/h21-39H,20H2,1-19H3. The van der Waals surface area contributed by atoms with Crippen molar-refractivity contribution in [2.75, 3.05) is 6.61 Å². The maximum absolute atomic E-state index is 6.74. The molecule has 1 heteroatoms. The van der Waals surface area contributed by atoms with Crippen LogP contribution < -0.4 is 4.74 Å². The molecule has 69 heavy (non-hydrogen) atoms. The molecule has 9 rings (SSSR count). The summed E-state index contributed by atoms with van der Waals surface area (Å²) in [7, 11) is 0. The zero-order valence-electron chi connectivity index (χ0n) is 45.6.